The molecule has 0 radical (unpaired) electrons. The van der Waals surface area contributed by atoms with Gasteiger partial charge in [-0.15, -0.1) is 0 Å². The van der Waals surface area contributed by atoms with Crippen molar-refractivity contribution < 1.29 is 0 Å². The van der Waals surface area contributed by atoms with Gasteiger partial charge in [0.15, 0.2) is 0 Å². The van der Waals surface area contributed by atoms with Crippen LogP contribution in [0.15, 0.2) is 200 Å². The molecule has 3 nitrogen and oxygen atoms in total. The second-order valence-electron chi connectivity index (χ2n) is 13.2. The number of benzene rings is 8. The average molecular weight is 666 g/mol. The van der Waals surface area contributed by atoms with Crippen LogP contribution in [0.3, 0.4) is 0 Å². The van der Waals surface area contributed by atoms with Gasteiger partial charge in [-0.05, 0) is 38.6 Å². The van der Waals surface area contributed by atoms with E-state index in [-0.39, 0.29) is 0 Å². The van der Waals surface area contributed by atoms with E-state index in [1.54, 1.807) is 0 Å². The van der Waals surface area contributed by atoms with Crippen LogP contribution in [0.25, 0.3) is 27.1 Å². The van der Waals surface area contributed by atoms with Gasteiger partial charge in [-0.3, -0.25) is 5.41 Å². The Morgan fingerprint density at radius 2 is 0.846 bits per heavy atom. The minimum absolute atomic E-state index is 0.340. The molecule has 3 heteroatoms. The number of anilines is 2. The van der Waals surface area contributed by atoms with Crippen LogP contribution in [-0.4, -0.2) is 11.9 Å². The fraction of sp³-hybridized carbons (Fsp3) is 0.0204. The maximum Gasteiger partial charge on any atom is 0.0859 e. The largest absolute Gasteiger partial charge is 0.308 e. The summed E-state index contributed by atoms with van der Waals surface area (Å²) in [7, 11) is 0. The van der Waals surface area contributed by atoms with Crippen molar-refractivity contribution in [1.29, 1.82) is 10.8 Å². The number of nitrogens with one attached hydrogen (secondary N) is 2. The third-order valence-electron chi connectivity index (χ3n) is 10.5. The summed E-state index contributed by atoms with van der Waals surface area (Å²) in [4.78, 5) is 2.32. The molecule has 2 N–H and O–H groups in total. The van der Waals surface area contributed by atoms with Crippen molar-refractivity contribution in [2.24, 2.45) is 0 Å². The predicted octanol–water partition coefficient (Wildman–Crippen LogP) is 12.0. The quantitative estimate of drug-likeness (QED) is 0.164. The highest BCUT2D eigenvalue weighted by atomic mass is 15.2. The Balaban J connectivity index is 1.55. The Kier molecular flexibility index (Phi) is 7.67. The van der Waals surface area contributed by atoms with Crippen molar-refractivity contribution in [3.8, 4) is 0 Å². The van der Waals surface area contributed by atoms with Gasteiger partial charge in [-0.1, -0.05) is 194 Å². The van der Waals surface area contributed by atoms with Gasteiger partial charge in [0.2, 0.25) is 0 Å². The summed E-state index contributed by atoms with van der Waals surface area (Å²) >= 11 is 0. The van der Waals surface area contributed by atoms with Gasteiger partial charge >= 0.3 is 0 Å². The van der Waals surface area contributed by atoms with Crippen molar-refractivity contribution in [2.45, 2.75) is 5.41 Å². The summed E-state index contributed by atoms with van der Waals surface area (Å²) in [6.45, 7) is 0. The van der Waals surface area contributed by atoms with E-state index in [9.17, 15) is 5.41 Å². The average Bonchev–Trinajstić information content (AvgIpc) is 3.23. The summed E-state index contributed by atoms with van der Waals surface area (Å²) in [5.74, 6) is 0. The minimum atomic E-state index is -0.713. The first-order valence-corrected chi connectivity index (χ1v) is 17.6. The molecule has 0 saturated carbocycles. The third kappa shape index (κ3) is 4.74. The SMILES string of the molecule is N=CC(=C(C(=N)c1ccccc1)N1c2c(ccc3ccccc23)C(c2ccccc2)(c2ccccc2)c2ccc3ccccc3c21)c1ccccc1. The van der Waals surface area contributed by atoms with Crippen molar-refractivity contribution in [3.05, 3.63) is 233 Å². The Morgan fingerprint density at radius 3 is 1.31 bits per heavy atom. The molecule has 0 fully saturated rings. The van der Waals surface area contributed by atoms with E-state index in [0.717, 1.165) is 66.3 Å². The number of hydrogen-bond donors (Lipinski definition) is 2. The summed E-state index contributed by atoms with van der Waals surface area (Å²) < 4.78 is 0. The third-order valence-corrected chi connectivity index (χ3v) is 10.5. The Labute approximate surface area is 303 Å². The van der Waals surface area contributed by atoms with E-state index < -0.39 is 5.41 Å². The number of nitrogens with zero attached hydrogens (tertiary/aromatic N) is 1. The van der Waals surface area contributed by atoms with Crippen LogP contribution in [-0.2, 0) is 5.41 Å². The molecule has 0 unspecified atom stereocenters. The summed E-state index contributed by atoms with van der Waals surface area (Å²) in [6, 6.07) is 67.8. The first-order valence-electron chi connectivity index (χ1n) is 17.6. The molecule has 0 spiro atoms. The fourth-order valence-electron chi connectivity index (χ4n) is 8.26. The van der Waals surface area contributed by atoms with Crippen LogP contribution in [0.5, 0.6) is 0 Å². The smallest absolute Gasteiger partial charge is 0.0859 e. The molecule has 0 bridgehead atoms. The maximum absolute atomic E-state index is 10.1. The van der Waals surface area contributed by atoms with Crippen LogP contribution in [0.4, 0.5) is 11.4 Å². The molecule has 0 amide bonds. The van der Waals surface area contributed by atoms with Crippen molar-refractivity contribution in [3.63, 3.8) is 0 Å². The van der Waals surface area contributed by atoms with Crippen LogP contribution in [0.2, 0.25) is 0 Å². The second-order valence-corrected chi connectivity index (χ2v) is 13.2. The number of fused-ring (bicyclic) bond motifs is 6. The van der Waals surface area contributed by atoms with Crippen molar-refractivity contribution >= 4 is 50.4 Å². The molecule has 0 atom stereocenters. The predicted molar refractivity (Wildman–Crippen MR) is 217 cm³/mol. The molecule has 1 aliphatic rings. The Bertz CT molecular complexity index is 2520. The van der Waals surface area contributed by atoms with Gasteiger partial charge in [-0.25, -0.2) is 0 Å². The lowest BCUT2D eigenvalue weighted by Crippen LogP contribution is -2.40. The van der Waals surface area contributed by atoms with Crippen LogP contribution < -0.4 is 4.90 Å². The molecule has 8 aromatic rings. The molecule has 246 valence electrons. The normalized spacial score (nSPS) is 13.6. The molecular weight excluding hydrogens is 631 g/mol. The lowest BCUT2D eigenvalue weighted by molar-refractivity contribution is 0.733. The highest BCUT2D eigenvalue weighted by molar-refractivity contribution is 6.28. The molecule has 0 aliphatic carbocycles. The number of allylic oxidation sites excluding steroid dienone is 2. The summed E-state index contributed by atoms with van der Waals surface area (Å²) in [6.07, 6.45) is 1.42. The lowest BCUT2D eigenvalue weighted by Gasteiger charge is -2.48. The van der Waals surface area contributed by atoms with Gasteiger partial charge in [0.25, 0.3) is 0 Å². The van der Waals surface area contributed by atoms with Crippen LogP contribution in [0, 0.1) is 10.8 Å². The van der Waals surface area contributed by atoms with Gasteiger partial charge in [0, 0.05) is 28.1 Å². The van der Waals surface area contributed by atoms with Crippen molar-refractivity contribution in [1.82, 2.24) is 0 Å². The fourth-order valence-corrected chi connectivity index (χ4v) is 8.26. The first-order chi connectivity index (χ1) is 25.7. The van der Waals surface area contributed by atoms with Gasteiger partial charge in [0.05, 0.1) is 28.2 Å². The molecule has 1 aliphatic heterocycles. The second kappa shape index (κ2) is 12.8. The molecule has 0 saturated heterocycles. The lowest BCUT2D eigenvalue weighted by atomic mass is 9.61. The van der Waals surface area contributed by atoms with Crippen LogP contribution in [0.1, 0.15) is 33.4 Å². The summed E-state index contributed by atoms with van der Waals surface area (Å²) in [5.41, 5.74) is 9.14. The monoisotopic (exact) mass is 665 g/mol. The van der Waals surface area contributed by atoms with E-state index in [0.29, 0.717) is 17.0 Å². The topological polar surface area (TPSA) is 50.9 Å². The Morgan fingerprint density at radius 1 is 0.442 bits per heavy atom. The maximum atomic E-state index is 10.1. The van der Waals surface area contributed by atoms with Gasteiger partial charge in [-0.2, -0.15) is 0 Å². The molecule has 52 heavy (non-hydrogen) atoms. The minimum Gasteiger partial charge on any atom is -0.308 e. The molecule has 0 aromatic heterocycles. The zero-order valence-electron chi connectivity index (χ0n) is 28.5. The van der Waals surface area contributed by atoms with Gasteiger partial charge in [0.1, 0.15) is 0 Å². The number of hydrogen-bond acceptors (Lipinski definition) is 3. The molecule has 9 rings (SSSR count). The zero-order chi connectivity index (χ0) is 35.1. The van der Waals surface area contributed by atoms with E-state index in [1.807, 2.05) is 60.7 Å². The van der Waals surface area contributed by atoms with E-state index in [2.05, 4.69) is 138 Å². The van der Waals surface area contributed by atoms with Crippen molar-refractivity contribution in [2.75, 3.05) is 4.90 Å². The molecular formula is C49H35N3. The molecule has 8 aromatic carbocycles. The van der Waals surface area contributed by atoms with Crippen LogP contribution >= 0.6 is 0 Å². The van der Waals surface area contributed by atoms with E-state index >= 15 is 0 Å². The standard InChI is InChI=1S/C49H35N3/c50-33-42(34-17-5-1-6-18-34)48(45(51)37-21-7-2-8-22-37)52-46-40-27-15-13-19-35(40)29-31-43(46)49(38-23-9-3-10-24-38,39-25-11-4-12-26-39)44-32-30-36-20-14-16-28-41(36)47(44)52/h1-33,50-51H. The summed E-state index contributed by atoms with van der Waals surface area (Å²) in [5, 5.41) is 23.5. The molecule has 1 heterocycles. The zero-order valence-corrected chi connectivity index (χ0v) is 28.5. The van der Waals surface area contributed by atoms with E-state index in [1.165, 1.54) is 6.21 Å². The number of rotatable bonds is 7. The van der Waals surface area contributed by atoms with E-state index in [4.69, 9.17) is 5.41 Å². The highest BCUT2D eigenvalue weighted by Crippen LogP contribution is 2.60. The van der Waals surface area contributed by atoms with Gasteiger partial charge < -0.3 is 10.3 Å². The highest BCUT2D eigenvalue weighted by Gasteiger charge is 2.48. The Hall–Kier alpha value is -6.84. The first kappa shape index (κ1) is 31.2.